The van der Waals surface area contributed by atoms with Crippen LogP contribution in [0, 0.1) is 0 Å². The molecule has 0 aliphatic heterocycles. The summed E-state index contributed by atoms with van der Waals surface area (Å²) in [6.07, 6.45) is 3.84. The van der Waals surface area contributed by atoms with Crippen molar-refractivity contribution in [2.45, 2.75) is 45.9 Å². The van der Waals surface area contributed by atoms with E-state index in [1.807, 2.05) is 48.2 Å². The zero-order chi connectivity index (χ0) is 28.6. The van der Waals surface area contributed by atoms with Gasteiger partial charge in [-0.15, -0.1) is 5.10 Å². The van der Waals surface area contributed by atoms with Crippen molar-refractivity contribution in [1.29, 1.82) is 0 Å². The molecule has 11 heteroatoms. The van der Waals surface area contributed by atoms with E-state index >= 15 is 0 Å². The van der Waals surface area contributed by atoms with Gasteiger partial charge in [0, 0.05) is 36.3 Å². The van der Waals surface area contributed by atoms with E-state index in [2.05, 4.69) is 17.0 Å². The summed E-state index contributed by atoms with van der Waals surface area (Å²) in [7, 11) is 6.45. The monoisotopic (exact) mass is 549 g/mol. The second kappa shape index (κ2) is 13.0. The molecule has 0 N–H and O–H groups in total. The van der Waals surface area contributed by atoms with Gasteiger partial charge in [-0.1, -0.05) is 13.3 Å². The Morgan fingerprint density at radius 3 is 2.02 bits per heavy atom. The van der Waals surface area contributed by atoms with Gasteiger partial charge in [0.25, 0.3) is 0 Å². The standard InChI is InChI=1S/C29H35N5O6/c1-7-8-19(2)40-29-31-28(27-30-15-22(18-35)34(27)32-29)33(16-20-9-11-23(36-3)13-25(20)38-5)17-21-10-12-24(37-4)14-26(21)39-6/h9-15,18-19H,7-8,16-17H2,1-6H3. The highest BCUT2D eigenvalue weighted by molar-refractivity contribution is 5.76. The molecule has 0 saturated carbocycles. The van der Waals surface area contributed by atoms with Crippen LogP contribution in [-0.4, -0.2) is 60.4 Å². The van der Waals surface area contributed by atoms with Crippen molar-refractivity contribution < 1.29 is 28.5 Å². The summed E-state index contributed by atoms with van der Waals surface area (Å²) < 4.78 is 29.7. The molecule has 0 amide bonds. The first-order valence-corrected chi connectivity index (χ1v) is 13.0. The molecule has 11 nitrogen and oxygen atoms in total. The zero-order valence-corrected chi connectivity index (χ0v) is 23.7. The van der Waals surface area contributed by atoms with Crippen LogP contribution in [0.4, 0.5) is 5.82 Å². The van der Waals surface area contributed by atoms with Gasteiger partial charge >= 0.3 is 6.01 Å². The molecule has 0 aliphatic carbocycles. The Morgan fingerprint density at radius 1 is 0.925 bits per heavy atom. The van der Waals surface area contributed by atoms with Crippen LogP contribution >= 0.6 is 0 Å². The number of carbonyl (C=O) groups excluding carboxylic acids is 1. The Bertz CT molecular complexity index is 1400. The molecular weight excluding hydrogens is 514 g/mol. The topological polar surface area (TPSA) is 110 Å². The largest absolute Gasteiger partial charge is 0.497 e. The Labute approximate surface area is 233 Å². The Hall–Kier alpha value is -4.54. The van der Waals surface area contributed by atoms with E-state index < -0.39 is 0 Å². The van der Waals surface area contributed by atoms with E-state index in [4.69, 9.17) is 28.7 Å². The van der Waals surface area contributed by atoms with Gasteiger partial charge < -0.3 is 28.6 Å². The minimum atomic E-state index is -0.115. The van der Waals surface area contributed by atoms with Gasteiger partial charge in [0.05, 0.1) is 40.7 Å². The smallest absolute Gasteiger partial charge is 0.336 e. The number of methoxy groups -OCH3 is 4. The number of imidazole rings is 1. The first kappa shape index (κ1) is 28.5. The molecule has 212 valence electrons. The summed E-state index contributed by atoms with van der Waals surface area (Å²) in [4.78, 5) is 23.2. The van der Waals surface area contributed by atoms with Gasteiger partial charge in [-0.05, 0) is 37.6 Å². The number of anilines is 1. The summed E-state index contributed by atoms with van der Waals surface area (Å²) in [5.41, 5.74) is 2.47. The van der Waals surface area contributed by atoms with Crippen molar-refractivity contribution in [3.63, 3.8) is 0 Å². The normalized spacial score (nSPS) is 11.7. The number of rotatable bonds is 14. The predicted molar refractivity (Wildman–Crippen MR) is 150 cm³/mol. The fourth-order valence-corrected chi connectivity index (χ4v) is 4.43. The number of fused-ring (bicyclic) bond motifs is 1. The molecule has 2 aromatic carbocycles. The van der Waals surface area contributed by atoms with Crippen LogP contribution in [0.1, 0.15) is 48.3 Å². The third-order valence-electron chi connectivity index (χ3n) is 6.48. The average molecular weight is 550 g/mol. The van der Waals surface area contributed by atoms with Crippen molar-refractivity contribution >= 4 is 17.8 Å². The van der Waals surface area contributed by atoms with E-state index in [0.717, 1.165) is 24.0 Å². The van der Waals surface area contributed by atoms with Crippen LogP contribution in [0.25, 0.3) is 5.65 Å². The minimum Gasteiger partial charge on any atom is -0.497 e. The highest BCUT2D eigenvalue weighted by Crippen LogP contribution is 2.33. The second-order valence-corrected chi connectivity index (χ2v) is 9.18. The third kappa shape index (κ3) is 6.19. The summed E-state index contributed by atoms with van der Waals surface area (Å²) in [5.74, 6) is 3.15. The van der Waals surface area contributed by atoms with Crippen molar-refractivity contribution in [3.05, 3.63) is 59.4 Å². The van der Waals surface area contributed by atoms with Crippen LogP contribution in [-0.2, 0) is 13.1 Å². The van der Waals surface area contributed by atoms with Gasteiger partial charge in [-0.3, -0.25) is 4.79 Å². The van der Waals surface area contributed by atoms with E-state index in [-0.39, 0.29) is 17.8 Å². The average Bonchev–Trinajstić information content (AvgIpc) is 3.39. The SMILES string of the molecule is CCCC(C)Oc1nc(N(Cc2ccc(OC)cc2OC)Cc2ccc(OC)cc2OC)c2ncc(C=O)n2n1. The molecule has 1 unspecified atom stereocenters. The van der Waals surface area contributed by atoms with Gasteiger partial charge in [-0.2, -0.15) is 4.98 Å². The molecule has 2 aromatic heterocycles. The molecule has 0 bridgehead atoms. The molecule has 0 radical (unpaired) electrons. The third-order valence-corrected chi connectivity index (χ3v) is 6.48. The van der Waals surface area contributed by atoms with Crippen molar-refractivity contribution in [2.75, 3.05) is 33.3 Å². The molecule has 0 spiro atoms. The lowest BCUT2D eigenvalue weighted by Gasteiger charge is -2.26. The molecule has 0 aliphatic rings. The number of hydrogen-bond donors (Lipinski definition) is 0. The number of carbonyl (C=O) groups is 1. The predicted octanol–water partition coefficient (Wildman–Crippen LogP) is 4.75. The lowest BCUT2D eigenvalue weighted by atomic mass is 10.1. The van der Waals surface area contributed by atoms with Gasteiger partial charge in [-0.25, -0.2) is 9.50 Å². The fraction of sp³-hybridized carbons (Fsp3) is 0.379. The van der Waals surface area contributed by atoms with E-state index in [1.54, 1.807) is 28.4 Å². The first-order chi connectivity index (χ1) is 19.4. The number of benzene rings is 2. The highest BCUT2D eigenvalue weighted by atomic mass is 16.5. The maximum Gasteiger partial charge on any atom is 0.336 e. The van der Waals surface area contributed by atoms with Crippen molar-refractivity contribution in [1.82, 2.24) is 19.6 Å². The molecule has 4 aromatic rings. The summed E-state index contributed by atoms with van der Waals surface area (Å²) in [5, 5.41) is 4.48. The lowest BCUT2D eigenvalue weighted by molar-refractivity contribution is 0.111. The molecule has 40 heavy (non-hydrogen) atoms. The van der Waals surface area contributed by atoms with Crippen LogP contribution in [0.15, 0.2) is 42.6 Å². The summed E-state index contributed by atoms with van der Waals surface area (Å²) in [6, 6.07) is 11.4. The van der Waals surface area contributed by atoms with Crippen LogP contribution in [0.2, 0.25) is 0 Å². The highest BCUT2D eigenvalue weighted by Gasteiger charge is 2.23. The molecule has 4 rings (SSSR count). The summed E-state index contributed by atoms with van der Waals surface area (Å²) in [6.45, 7) is 4.81. The fourth-order valence-electron chi connectivity index (χ4n) is 4.43. The molecule has 0 saturated heterocycles. The maximum atomic E-state index is 11.8. The second-order valence-electron chi connectivity index (χ2n) is 9.18. The number of ether oxygens (including phenoxy) is 5. The van der Waals surface area contributed by atoms with Crippen LogP contribution in [0.5, 0.6) is 29.0 Å². The van der Waals surface area contributed by atoms with Gasteiger partial charge in [0.1, 0.15) is 28.7 Å². The van der Waals surface area contributed by atoms with Crippen molar-refractivity contribution in [3.8, 4) is 29.0 Å². The summed E-state index contributed by atoms with van der Waals surface area (Å²) >= 11 is 0. The van der Waals surface area contributed by atoms with E-state index in [9.17, 15) is 4.79 Å². The zero-order valence-electron chi connectivity index (χ0n) is 23.7. The number of nitrogens with zero attached hydrogens (tertiary/aromatic N) is 5. The van der Waals surface area contributed by atoms with E-state index in [0.29, 0.717) is 53.8 Å². The van der Waals surface area contributed by atoms with Crippen LogP contribution in [0.3, 0.4) is 0 Å². The van der Waals surface area contributed by atoms with Gasteiger partial charge in [0.2, 0.25) is 0 Å². The number of aldehydes is 1. The molecule has 1 atom stereocenters. The van der Waals surface area contributed by atoms with Crippen molar-refractivity contribution in [2.24, 2.45) is 0 Å². The molecule has 2 heterocycles. The minimum absolute atomic E-state index is 0.115. The molecule has 0 fully saturated rings. The Morgan fingerprint density at radius 2 is 1.52 bits per heavy atom. The lowest BCUT2D eigenvalue weighted by Crippen LogP contribution is -2.26. The number of aromatic nitrogens is 4. The first-order valence-electron chi connectivity index (χ1n) is 13.0. The van der Waals surface area contributed by atoms with Gasteiger partial charge in [0.15, 0.2) is 17.8 Å². The Balaban J connectivity index is 1.87. The quantitative estimate of drug-likeness (QED) is 0.205. The Kier molecular flexibility index (Phi) is 9.26. The maximum absolute atomic E-state index is 11.8. The van der Waals surface area contributed by atoms with Crippen LogP contribution < -0.4 is 28.6 Å². The molecular formula is C29H35N5O6. The number of hydrogen-bond acceptors (Lipinski definition) is 10. The van der Waals surface area contributed by atoms with E-state index in [1.165, 1.54) is 10.7 Å².